The van der Waals surface area contributed by atoms with Gasteiger partial charge in [0.25, 0.3) is 0 Å². The summed E-state index contributed by atoms with van der Waals surface area (Å²) in [5.74, 6) is 0.815. The highest BCUT2D eigenvalue weighted by molar-refractivity contribution is 5.03. The Balaban J connectivity index is 1.74. The van der Waals surface area contributed by atoms with E-state index in [0.717, 1.165) is 18.9 Å². The van der Waals surface area contributed by atoms with Gasteiger partial charge >= 0.3 is 0 Å². The normalized spacial score (nSPS) is 18.1. The van der Waals surface area contributed by atoms with Gasteiger partial charge in [-0.15, -0.1) is 0 Å². The van der Waals surface area contributed by atoms with Crippen molar-refractivity contribution in [3.8, 4) is 0 Å². The van der Waals surface area contributed by atoms with Crippen molar-refractivity contribution in [1.29, 1.82) is 0 Å². The summed E-state index contributed by atoms with van der Waals surface area (Å²) in [7, 11) is 0. The molecule has 2 heteroatoms. The van der Waals surface area contributed by atoms with Gasteiger partial charge in [-0.3, -0.25) is 4.98 Å². The predicted octanol–water partition coefficient (Wildman–Crippen LogP) is 3.82. The molecule has 1 N–H and O–H groups in total. The minimum atomic E-state index is 0.582. The van der Waals surface area contributed by atoms with Gasteiger partial charge in [0.05, 0.1) is 0 Å². The Bertz CT molecular complexity index is 353. The first kappa shape index (κ1) is 14.5. The van der Waals surface area contributed by atoms with Gasteiger partial charge in [0.15, 0.2) is 0 Å². The molecule has 1 aromatic rings. The number of aromatic nitrogens is 1. The lowest BCUT2D eigenvalue weighted by molar-refractivity contribution is 0.225. The molecule has 0 amide bonds. The number of hydrogen-bond acceptors (Lipinski definition) is 2. The summed E-state index contributed by atoms with van der Waals surface area (Å²) in [4.78, 5) is 4.37. The number of nitrogens with one attached hydrogen (secondary N) is 1. The second-order valence-electron chi connectivity index (χ2n) is 6.55. The molecule has 2 rings (SSSR count). The molecule has 19 heavy (non-hydrogen) atoms. The monoisotopic (exact) mass is 260 g/mol. The van der Waals surface area contributed by atoms with E-state index in [1.54, 1.807) is 0 Å². The van der Waals surface area contributed by atoms with E-state index in [9.17, 15) is 0 Å². The van der Waals surface area contributed by atoms with Crippen LogP contribution in [0.3, 0.4) is 0 Å². The number of nitrogens with zero attached hydrogens (tertiary/aromatic N) is 1. The number of rotatable bonds is 7. The van der Waals surface area contributed by atoms with Crippen molar-refractivity contribution in [3.05, 3.63) is 30.1 Å². The zero-order valence-electron chi connectivity index (χ0n) is 12.5. The van der Waals surface area contributed by atoms with Crippen molar-refractivity contribution in [2.24, 2.45) is 11.3 Å². The average Bonchev–Trinajstić information content (AvgIpc) is 2.84. The van der Waals surface area contributed by atoms with Gasteiger partial charge in [-0.1, -0.05) is 32.8 Å². The van der Waals surface area contributed by atoms with Crippen LogP contribution in [0.2, 0.25) is 0 Å². The van der Waals surface area contributed by atoms with Gasteiger partial charge in [0.1, 0.15) is 0 Å². The maximum absolute atomic E-state index is 4.37. The second-order valence-corrected chi connectivity index (χ2v) is 6.55. The molecular formula is C17H28N2. The van der Waals surface area contributed by atoms with Crippen molar-refractivity contribution in [2.45, 2.75) is 52.4 Å². The first-order valence-electron chi connectivity index (χ1n) is 7.81. The summed E-state index contributed by atoms with van der Waals surface area (Å²) >= 11 is 0. The van der Waals surface area contributed by atoms with Gasteiger partial charge in [0, 0.05) is 31.4 Å². The maximum atomic E-state index is 4.37. The van der Waals surface area contributed by atoms with Gasteiger partial charge in [-0.05, 0) is 42.7 Å². The molecule has 106 valence electrons. The topological polar surface area (TPSA) is 24.9 Å². The predicted molar refractivity (Wildman–Crippen MR) is 81.2 cm³/mol. The van der Waals surface area contributed by atoms with E-state index < -0.39 is 0 Å². The van der Waals surface area contributed by atoms with E-state index in [2.05, 4.69) is 36.3 Å². The lowest BCUT2D eigenvalue weighted by atomic mass is 9.78. The Kier molecular flexibility index (Phi) is 5.38. The molecule has 1 saturated carbocycles. The van der Waals surface area contributed by atoms with E-state index >= 15 is 0 Å². The zero-order chi connectivity index (χ0) is 13.6. The molecule has 0 radical (unpaired) electrons. The van der Waals surface area contributed by atoms with Crippen LogP contribution in [0.1, 0.15) is 51.6 Å². The second kappa shape index (κ2) is 7.04. The highest BCUT2D eigenvalue weighted by Crippen LogP contribution is 2.42. The Hall–Kier alpha value is -0.890. The molecule has 1 aromatic heterocycles. The SMILES string of the molecule is CC(C)CC1(CNCCc2ccccn2)CCCC1. The van der Waals surface area contributed by atoms with Gasteiger partial charge in [-0.25, -0.2) is 0 Å². The molecular weight excluding hydrogens is 232 g/mol. The Morgan fingerprint density at radius 3 is 2.68 bits per heavy atom. The van der Waals surface area contributed by atoms with Crippen LogP contribution >= 0.6 is 0 Å². The Morgan fingerprint density at radius 2 is 2.05 bits per heavy atom. The van der Waals surface area contributed by atoms with Crippen LogP contribution in [0, 0.1) is 11.3 Å². The van der Waals surface area contributed by atoms with Crippen molar-refractivity contribution < 1.29 is 0 Å². The third kappa shape index (κ3) is 4.61. The minimum Gasteiger partial charge on any atom is -0.316 e. The summed E-state index contributed by atoms with van der Waals surface area (Å²) in [6, 6.07) is 6.16. The van der Waals surface area contributed by atoms with Crippen LogP contribution in [0.15, 0.2) is 24.4 Å². The van der Waals surface area contributed by atoms with Crippen molar-refractivity contribution >= 4 is 0 Å². The lowest BCUT2D eigenvalue weighted by Crippen LogP contribution is -2.34. The Morgan fingerprint density at radius 1 is 1.26 bits per heavy atom. The minimum absolute atomic E-state index is 0.582. The van der Waals surface area contributed by atoms with Gasteiger partial charge in [0.2, 0.25) is 0 Å². The summed E-state index contributed by atoms with van der Waals surface area (Å²) in [5.41, 5.74) is 1.78. The average molecular weight is 260 g/mol. The molecule has 1 heterocycles. The molecule has 0 unspecified atom stereocenters. The first-order chi connectivity index (χ1) is 9.20. The largest absolute Gasteiger partial charge is 0.316 e. The smallest absolute Gasteiger partial charge is 0.0416 e. The van der Waals surface area contributed by atoms with Crippen molar-refractivity contribution in [3.63, 3.8) is 0 Å². The van der Waals surface area contributed by atoms with Gasteiger partial charge < -0.3 is 5.32 Å². The summed E-state index contributed by atoms with van der Waals surface area (Å²) in [5, 5.41) is 3.68. The highest BCUT2D eigenvalue weighted by Gasteiger charge is 2.33. The number of pyridine rings is 1. The molecule has 0 atom stereocenters. The van der Waals surface area contributed by atoms with E-state index in [1.807, 2.05) is 12.3 Å². The molecule has 0 aromatic carbocycles. The van der Waals surface area contributed by atoms with E-state index in [-0.39, 0.29) is 0 Å². The molecule has 1 aliphatic rings. The van der Waals surface area contributed by atoms with Crippen LogP contribution in [0.5, 0.6) is 0 Å². The van der Waals surface area contributed by atoms with Crippen LogP contribution in [-0.2, 0) is 6.42 Å². The maximum Gasteiger partial charge on any atom is 0.0416 e. The van der Waals surface area contributed by atoms with E-state index in [0.29, 0.717) is 5.41 Å². The summed E-state index contributed by atoms with van der Waals surface area (Å²) in [6.45, 7) is 6.96. The fourth-order valence-corrected chi connectivity index (χ4v) is 3.56. The molecule has 1 aliphatic carbocycles. The van der Waals surface area contributed by atoms with Crippen LogP contribution < -0.4 is 5.32 Å². The first-order valence-corrected chi connectivity index (χ1v) is 7.81. The lowest BCUT2D eigenvalue weighted by Gasteiger charge is -2.31. The van der Waals surface area contributed by atoms with Crippen LogP contribution in [0.4, 0.5) is 0 Å². The third-order valence-corrected chi connectivity index (χ3v) is 4.29. The molecule has 0 aliphatic heterocycles. The quantitative estimate of drug-likeness (QED) is 0.754. The van der Waals surface area contributed by atoms with E-state index in [1.165, 1.54) is 44.3 Å². The van der Waals surface area contributed by atoms with Crippen molar-refractivity contribution in [2.75, 3.05) is 13.1 Å². The molecule has 2 nitrogen and oxygen atoms in total. The standard InChI is InChI=1S/C17H28N2/c1-15(2)13-17(9-4-5-10-17)14-18-12-8-16-7-3-6-11-19-16/h3,6-7,11,15,18H,4-5,8-10,12-14H2,1-2H3. The summed E-state index contributed by atoms with van der Waals surface area (Å²) < 4.78 is 0. The Labute approximate surface area is 118 Å². The zero-order valence-corrected chi connectivity index (χ0v) is 12.5. The highest BCUT2D eigenvalue weighted by atomic mass is 14.9. The molecule has 1 fully saturated rings. The molecule has 0 saturated heterocycles. The van der Waals surface area contributed by atoms with Crippen molar-refractivity contribution in [1.82, 2.24) is 10.3 Å². The molecule has 0 spiro atoms. The van der Waals surface area contributed by atoms with E-state index in [4.69, 9.17) is 0 Å². The van der Waals surface area contributed by atoms with Gasteiger partial charge in [-0.2, -0.15) is 0 Å². The fraction of sp³-hybridized carbons (Fsp3) is 0.706. The molecule has 0 bridgehead atoms. The van der Waals surface area contributed by atoms with Crippen LogP contribution in [0.25, 0.3) is 0 Å². The summed E-state index contributed by atoms with van der Waals surface area (Å²) in [6.07, 6.45) is 9.99. The fourth-order valence-electron chi connectivity index (χ4n) is 3.56. The number of hydrogen-bond donors (Lipinski definition) is 1. The third-order valence-electron chi connectivity index (χ3n) is 4.29. The van der Waals surface area contributed by atoms with Crippen LogP contribution in [-0.4, -0.2) is 18.1 Å².